The average Bonchev–Trinajstić information content (AvgIpc) is 3.15. The summed E-state index contributed by atoms with van der Waals surface area (Å²) in [6.45, 7) is 15.8. The Labute approximate surface area is 217 Å². The Morgan fingerprint density at radius 1 is 1.09 bits per heavy atom. The maximum atomic E-state index is 14.1. The van der Waals surface area contributed by atoms with Crippen molar-refractivity contribution in [2.75, 3.05) is 11.9 Å². The first-order valence-electron chi connectivity index (χ1n) is 12.0. The molecule has 0 N–H and O–H groups in total. The molecular formula is C25H36BrN3O5Si. The topological polar surface area (TPSA) is 79.4 Å². The molecule has 4 rings (SSSR count). The number of hydrogen-bond donors (Lipinski definition) is 0. The van der Waals surface area contributed by atoms with Gasteiger partial charge in [-0.2, -0.15) is 0 Å². The second-order valence-electron chi connectivity index (χ2n) is 12.2. The number of amides is 3. The van der Waals surface area contributed by atoms with E-state index in [9.17, 15) is 14.4 Å². The van der Waals surface area contributed by atoms with E-state index < -0.39 is 42.8 Å². The van der Waals surface area contributed by atoms with Crippen LogP contribution in [0.25, 0.3) is 0 Å². The standard InChI is InChI=1S/C25H36BrN3O5Si/c1-23(2,3)33-22(32)29-16-13-11-10-12-15(16)25(26)14-17-18(30)27(7)20(19(31)28(17)21(25)29)34-35(8,9)24(4,5)6/h10-13,17,20-21H,14H2,1-9H3/t17-,20+,21-,25-/m0/s1. The van der Waals surface area contributed by atoms with Crippen LogP contribution in [0.4, 0.5) is 10.5 Å². The molecule has 192 valence electrons. The molecule has 0 spiro atoms. The number of hydrogen-bond acceptors (Lipinski definition) is 5. The first-order valence-corrected chi connectivity index (χ1v) is 15.7. The number of fused-ring (bicyclic) bond motifs is 5. The van der Waals surface area contributed by atoms with Crippen LogP contribution in [0.1, 0.15) is 53.5 Å². The minimum absolute atomic E-state index is 0.148. The third kappa shape index (κ3) is 4.01. The quantitative estimate of drug-likeness (QED) is 0.381. The van der Waals surface area contributed by atoms with Crippen molar-refractivity contribution in [2.24, 2.45) is 0 Å². The predicted octanol–water partition coefficient (Wildman–Crippen LogP) is 4.78. The van der Waals surface area contributed by atoms with Crippen molar-refractivity contribution in [3.63, 3.8) is 0 Å². The monoisotopic (exact) mass is 565 g/mol. The Morgan fingerprint density at radius 3 is 2.26 bits per heavy atom. The van der Waals surface area contributed by atoms with Crippen molar-refractivity contribution in [2.45, 2.75) is 94.5 Å². The van der Waals surface area contributed by atoms with Crippen LogP contribution in [0.5, 0.6) is 0 Å². The van der Waals surface area contributed by atoms with Gasteiger partial charge in [-0.05, 0) is 50.5 Å². The van der Waals surface area contributed by atoms with E-state index in [1.165, 1.54) is 9.80 Å². The number of anilines is 1. The first kappa shape index (κ1) is 26.2. The second kappa shape index (κ2) is 8.04. The van der Waals surface area contributed by atoms with Gasteiger partial charge in [-0.15, -0.1) is 0 Å². The molecule has 4 atom stereocenters. The second-order valence-corrected chi connectivity index (χ2v) is 18.4. The fourth-order valence-corrected chi connectivity index (χ4v) is 7.08. The highest BCUT2D eigenvalue weighted by molar-refractivity contribution is 9.09. The highest BCUT2D eigenvalue weighted by Gasteiger charge is 2.67. The molecule has 8 nitrogen and oxygen atoms in total. The van der Waals surface area contributed by atoms with Gasteiger partial charge in [-0.3, -0.25) is 14.5 Å². The molecule has 0 aromatic heterocycles. The average molecular weight is 567 g/mol. The van der Waals surface area contributed by atoms with Crippen molar-refractivity contribution in [1.29, 1.82) is 0 Å². The number of halogens is 1. The molecule has 0 bridgehead atoms. The van der Waals surface area contributed by atoms with Gasteiger partial charge in [0, 0.05) is 13.5 Å². The minimum Gasteiger partial charge on any atom is -0.443 e. The summed E-state index contributed by atoms with van der Waals surface area (Å²) in [6, 6.07) is 6.82. The lowest BCUT2D eigenvalue weighted by atomic mass is 9.95. The number of alkyl halides is 1. The Bertz CT molecular complexity index is 1080. The Morgan fingerprint density at radius 2 is 1.69 bits per heavy atom. The lowest BCUT2D eigenvalue weighted by molar-refractivity contribution is -0.172. The molecule has 0 radical (unpaired) electrons. The van der Waals surface area contributed by atoms with E-state index in [1.807, 2.05) is 24.3 Å². The molecule has 3 amide bonds. The number of ether oxygens (including phenoxy) is 1. The number of nitrogens with zero attached hydrogens (tertiary/aromatic N) is 3. The molecule has 35 heavy (non-hydrogen) atoms. The molecule has 0 unspecified atom stereocenters. The maximum absolute atomic E-state index is 14.1. The van der Waals surface area contributed by atoms with Crippen molar-refractivity contribution in [1.82, 2.24) is 9.80 Å². The van der Waals surface area contributed by atoms with E-state index in [2.05, 4.69) is 49.8 Å². The van der Waals surface area contributed by atoms with Crippen LogP contribution in [0.15, 0.2) is 24.3 Å². The molecule has 2 fully saturated rings. The van der Waals surface area contributed by atoms with Crippen molar-refractivity contribution >= 4 is 47.8 Å². The summed E-state index contributed by atoms with van der Waals surface area (Å²) in [5, 5.41) is -0.148. The minimum atomic E-state index is -2.39. The van der Waals surface area contributed by atoms with Crippen LogP contribution in [0, 0.1) is 0 Å². The molecule has 3 aliphatic rings. The van der Waals surface area contributed by atoms with Crippen LogP contribution in [0.3, 0.4) is 0 Å². The van der Waals surface area contributed by atoms with Crippen LogP contribution in [-0.4, -0.2) is 67.1 Å². The number of piperazine rings is 1. The van der Waals surface area contributed by atoms with Gasteiger partial charge >= 0.3 is 6.09 Å². The zero-order valence-electron chi connectivity index (χ0n) is 22.0. The zero-order chi connectivity index (χ0) is 26.3. The number of rotatable bonds is 2. The van der Waals surface area contributed by atoms with Gasteiger partial charge < -0.3 is 19.0 Å². The van der Waals surface area contributed by atoms with Crippen molar-refractivity contribution < 1.29 is 23.5 Å². The Balaban J connectivity index is 1.80. The Kier molecular flexibility index (Phi) is 6.01. The molecule has 10 heteroatoms. The predicted molar refractivity (Wildman–Crippen MR) is 140 cm³/mol. The van der Waals surface area contributed by atoms with Gasteiger partial charge in [-0.25, -0.2) is 4.79 Å². The highest BCUT2D eigenvalue weighted by Crippen LogP contribution is 2.59. The summed E-state index contributed by atoms with van der Waals surface area (Å²) in [6.07, 6.45) is -2.01. The maximum Gasteiger partial charge on any atom is 0.416 e. The normalized spacial score (nSPS) is 28.7. The summed E-state index contributed by atoms with van der Waals surface area (Å²) in [4.78, 5) is 45.7. The van der Waals surface area contributed by atoms with Crippen LogP contribution >= 0.6 is 15.9 Å². The van der Waals surface area contributed by atoms with E-state index in [0.717, 1.165) is 5.56 Å². The van der Waals surface area contributed by atoms with E-state index >= 15 is 0 Å². The SMILES string of the molecule is CN1C(=O)[C@@H]2C[C@]3(Br)c4ccccc4N(C(=O)OC(C)(C)C)[C@@H]3N2C(=O)[C@H]1O[Si](C)(C)C(C)(C)C. The van der Waals surface area contributed by atoms with Crippen molar-refractivity contribution in [3.8, 4) is 0 Å². The number of carbonyl (C=O) groups excluding carboxylic acids is 3. The third-order valence-corrected chi connectivity index (χ3v) is 13.2. The molecule has 0 aliphatic carbocycles. The first-order chi connectivity index (χ1) is 15.9. The van der Waals surface area contributed by atoms with Gasteiger partial charge in [0.1, 0.15) is 17.8 Å². The highest BCUT2D eigenvalue weighted by atomic mass is 79.9. The van der Waals surface area contributed by atoms with Gasteiger partial charge in [0.05, 0.1) is 10.0 Å². The number of carbonyl (C=O) groups is 3. The molecule has 3 heterocycles. The summed E-state index contributed by atoms with van der Waals surface area (Å²) in [5.41, 5.74) is 0.802. The molecule has 1 aromatic rings. The van der Waals surface area contributed by atoms with Gasteiger partial charge in [0.2, 0.25) is 12.1 Å². The fourth-order valence-electron chi connectivity index (χ4n) is 4.84. The fraction of sp³-hybridized carbons (Fsp3) is 0.640. The van der Waals surface area contributed by atoms with Crippen LogP contribution in [0.2, 0.25) is 18.1 Å². The van der Waals surface area contributed by atoms with Crippen molar-refractivity contribution in [3.05, 3.63) is 29.8 Å². The number of para-hydroxylation sites is 1. The largest absolute Gasteiger partial charge is 0.443 e. The summed E-state index contributed by atoms with van der Waals surface area (Å²) in [5.74, 6) is -0.502. The van der Waals surface area contributed by atoms with E-state index in [4.69, 9.17) is 9.16 Å². The van der Waals surface area contributed by atoms with Gasteiger partial charge in [0.25, 0.3) is 5.91 Å². The van der Waals surface area contributed by atoms with E-state index in [0.29, 0.717) is 12.1 Å². The summed E-state index contributed by atoms with van der Waals surface area (Å²) in [7, 11) is -0.765. The smallest absolute Gasteiger partial charge is 0.416 e. The Hall–Kier alpha value is -1.91. The third-order valence-electron chi connectivity index (χ3n) is 7.61. The molecule has 3 aliphatic heterocycles. The van der Waals surface area contributed by atoms with Crippen LogP contribution in [-0.2, 0) is 23.1 Å². The van der Waals surface area contributed by atoms with Gasteiger partial charge in [0.15, 0.2) is 8.32 Å². The van der Waals surface area contributed by atoms with E-state index in [1.54, 1.807) is 32.7 Å². The summed E-state index contributed by atoms with van der Waals surface area (Å²) < 4.78 is 11.4. The molecule has 1 aromatic carbocycles. The molecular weight excluding hydrogens is 530 g/mol. The summed E-state index contributed by atoms with van der Waals surface area (Å²) >= 11 is 3.89. The van der Waals surface area contributed by atoms with Gasteiger partial charge in [-0.1, -0.05) is 54.9 Å². The number of benzene rings is 1. The lowest BCUT2D eigenvalue weighted by Gasteiger charge is -2.47. The molecule has 0 saturated carbocycles. The lowest BCUT2D eigenvalue weighted by Crippen LogP contribution is -2.68. The zero-order valence-corrected chi connectivity index (χ0v) is 24.6. The van der Waals surface area contributed by atoms with E-state index in [-0.39, 0.29) is 16.9 Å². The number of likely N-dealkylation sites (N-methyl/N-ethyl adjacent to an activating group) is 1. The molecule has 2 saturated heterocycles. The van der Waals surface area contributed by atoms with Crippen LogP contribution < -0.4 is 4.90 Å².